The largest absolute Gasteiger partial charge is 0.496 e. The maximum absolute atomic E-state index is 11.8. The number of hydrogen-bond acceptors (Lipinski definition) is 3. The first-order chi connectivity index (χ1) is 9.08. The van der Waals surface area contributed by atoms with Crippen LogP contribution in [-0.2, 0) is 22.2 Å². The molecular weight excluding hydrogens is 276 g/mol. The van der Waals surface area contributed by atoms with E-state index in [1.54, 1.807) is 7.11 Å². The molecule has 0 aromatic heterocycles. The highest BCUT2D eigenvalue weighted by atomic mass is 32.2. The number of nitrogens with zero attached hydrogens (tertiary/aromatic N) is 1. The Hall–Kier alpha value is -1.11. The van der Waals surface area contributed by atoms with Crippen molar-refractivity contribution < 1.29 is 13.2 Å². The molecule has 0 saturated heterocycles. The summed E-state index contributed by atoms with van der Waals surface area (Å²) in [6.07, 6.45) is 0. The molecule has 0 aliphatic carbocycles. The standard InChI is InChI=1S/C14H24N2O3S/c1-14(2,3)12-7-8-13(19-6)11(9-12)10-15-20(17,18)16(4)5/h7-9,15H,10H2,1-6H3. The fraction of sp³-hybridized carbons (Fsp3) is 0.571. The van der Waals surface area contributed by atoms with E-state index in [1.165, 1.54) is 14.1 Å². The summed E-state index contributed by atoms with van der Waals surface area (Å²) in [7, 11) is 1.12. The van der Waals surface area contributed by atoms with E-state index in [2.05, 4.69) is 25.5 Å². The Kier molecular flexibility index (Phi) is 5.18. The monoisotopic (exact) mass is 300 g/mol. The normalized spacial score (nSPS) is 12.8. The molecule has 0 saturated carbocycles. The van der Waals surface area contributed by atoms with Crippen LogP contribution in [0.4, 0.5) is 0 Å². The van der Waals surface area contributed by atoms with Gasteiger partial charge >= 0.3 is 0 Å². The predicted molar refractivity (Wildman–Crippen MR) is 81.1 cm³/mol. The van der Waals surface area contributed by atoms with Crippen LogP contribution in [0.1, 0.15) is 31.9 Å². The molecule has 0 unspecified atom stereocenters. The summed E-state index contributed by atoms with van der Waals surface area (Å²) in [5.41, 5.74) is 1.96. The maximum atomic E-state index is 11.8. The van der Waals surface area contributed by atoms with Gasteiger partial charge in [0.05, 0.1) is 7.11 Å². The van der Waals surface area contributed by atoms with Crippen molar-refractivity contribution in [3.05, 3.63) is 29.3 Å². The van der Waals surface area contributed by atoms with Crippen molar-refractivity contribution >= 4 is 10.2 Å². The Morgan fingerprint density at radius 3 is 2.30 bits per heavy atom. The van der Waals surface area contributed by atoms with Crippen molar-refractivity contribution in [3.8, 4) is 5.75 Å². The van der Waals surface area contributed by atoms with Crippen molar-refractivity contribution in [2.45, 2.75) is 32.7 Å². The first-order valence-electron chi connectivity index (χ1n) is 6.42. The minimum absolute atomic E-state index is 0.00143. The van der Waals surface area contributed by atoms with Gasteiger partial charge in [0.2, 0.25) is 0 Å². The molecule has 6 heteroatoms. The fourth-order valence-corrected chi connectivity index (χ4v) is 2.28. The molecule has 0 bridgehead atoms. The van der Waals surface area contributed by atoms with Crippen LogP contribution in [0.25, 0.3) is 0 Å². The number of rotatable bonds is 5. The zero-order chi connectivity index (χ0) is 15.6. The SMILES string of the molecule is COc1ccc(C(C)(C)C)cc1CNS(=O)(=O)N(C)C. The Balaban J connectivity index is 3.04. The lowest BCUT2D eigenvalue weighted by molar-refractivity contribution is 0.408. The summed E-state index contributed by atoms with van der Waals surface area (Å²) in [6.45, 7) is 6.54. The highest BCUT2D eigenvalue weighted by Gasteiger charge is 2.18. The van der Waals surface area contributed by atoms with Crippen LogP contribution in [-0.4, -0.2) is 33.9 Å². The van der Waals surface area contributed by atoms with Crippen LogP contribution in [0.15, 0.2) is 18.2 Å². The van der Waals surface area contributed by atoms with E-state index >= 15 is 0 Å². The zero-order valence-electron chi connectivity index (χ0n) is 13.0. The molecule has 1 aromatic rings. The molecule has 0 heterocycles. The Labute approximate surface area is 122 Å². The van der Waals surface area contributed by atoms with Gasteiger partial charge in [0.25, 0.3) is 10.2 Å². The van der Waals surface area contributed by atoms with Gasteiger partial charge in [-0.25, -0.2) is 0 Å². The predicted octanol–water partition coefficient (Wildman–Crippen LogP) is 1.89. The molecule has 1 rings (SSSR count). The first kappa shape index (κ1) is 16.9. The fourth-order valence-electron chi connectivity index (χ4n) is 1.68. The van der Waals surface area contributed by atoms with Crippen molar-refractivity contribution in [2.24, 2.45) is 0 Å². The van der Waals surface area contributed by atoms with Gasteiger partial charge in [-0.15, -0.1) is 0 Å². The topological polar surface area (TPSA) is 58.6 Å². The highest BCUT2D eigenvalue weighted by molar-refractivity contribution is 7.87. The van der Waals surface area contributed by atoms with Crippen LogP contribution >= 0.6 is 0 Å². The maximum Gasteiger partial charge on any atom is 0.279 e. The molecule has 0 atom stereocenters. The van der Waals surface area contributed by atoms with Gasteiger partial charge in [0.1, 0.15) is 5.75 Å². The Morgan fingerprint density at radius 2 is 1.85 bits per heavy atom. The van der Waals surface area contributed by atoms with Gasteiger partial charge in [0, 0.05) is 26.2 Å². The molecule has 0 spiro atoms. The second kappa shape index (κ2) is 6.11. The van der Waals surface area contributed by atoms with Gasteiger partial charge in [-0.2, -0.15) is 17.4 Å². The first-order valence-corrected chi connectivity index (χ1v) is 7.86. The molecule has 1 N–H and O–H groups in total. The summed E-state index contributed by atoms with van der Waals surface area (Å²) >= 11 is 0. The van der Waals surface area contributed by atoms with Gasteiger partial charge in [0.15, 0.2) is 0 Å². The quantitative estimate of drug-likeness (QED) is 0.903. The summed E-state index contributed by atoms with van der Waals surface area (Å²) in [4.78, 5) is 0. The second-order valence-corrected chi connectivity index (χ2v) is 7.85. The van der Waals surface area contributed by atoms with Crippen molar-refractivity contribution in [2.75, 3.05) is 21.2 Å². The number of ether oxygens (including phenoxy) is 1. The number of nitrogens with one attached hydrogen (secondary N) is 1. The summed E-state index contributed by atoms with van der Waals surface area (Å²) in [6, 6.07) is 5.86. The number of benzene rings is 1. The number of hydrogen-bond donors (Lipinski definition) is 1. The lowest BCUT2D eigenvalue weighted by Gasteiger charge is -2.21. The van der Waals surface area contributed by atoms with Crippen LogP contribution in [0.5, 0.6) is 5.75 Å². The second-order valence-electron chi connectivity index (χ2n) is 5.89. The van der Waals surface area contributed by atoms with E-state index in [0.29, 0.717) is 5.75 Å². The average molecular weight is 300 g/mol. The van der Waals surface area contributed by atoms with Crippen LogP contribution in [0, 0.1) is 0 Å². The Morgan fingerprint density at radius 1 is 1.25 bits per heavy atom. The van der Waals surface area contributed by atoms with Crippen molar-refractivity contribution in [1.82, 2.24) is 9.03 Å². The minimum atomic E-state index is -3.44. The third kappa shape index (κ3) is 4.19. The van der Waals surface area contributed by atoms with Crippen LogP contribution < -0.4 is 9.46 Å². The zero-order valence-corrected chi connectivity index (χ0v) is 13.8. The van der Waals surface area contributed by atoms with Gasteiger partial charge in [-0.05, 0) is 17.0 Å². The Bertz CT molecular complexity index is 560. The van der Waals surface area contributed by atoms with E-state index in [4.69, 9.17) is 4.74 Å². The summed E-state index contributed by atoms with van der Waals surface area (Å²) in [5.74, 6) is 0.680. The molecule has 0 radical (unpaired) electrons. The highest BCUT2D eigenvalue weighted by Crippen LogP contribution is 2.28. The third-order valence-corrected chi connectivity index (χ3v) is 4.54. The lowest BCUT2D eigenvalue weighted by atomic mass is 9.86. The van der Waals surface area contributed by atoms with E-state index in [-0.39, 0.29) is 12.0 Å². The molecule has 0 amide bonds. The van der Waals surface area contributed by atoms with Crippen LogP contribution in [0.2, 0.25) is 0 Å². The van der Waals surface area contributed by atoms with Crippen LogP contribution in [0.3, 0.4) is 0 Å². The number of methoxy groups -OCH3 is 1. The smallest absolute Gasteiger partial charge is 0.279 e. The summed E-state index contributed by atoms with van der Waals surface area (Å²) in [5, 5.41) is 0. The average Bonchev–Trinajstić information content (AvgIpc) is 2.34. The molecule has 5 nitrogen and oxygen atoms in total. The molecule has 1 aromatic carbocycles. The minimum Gasteiger partial charge on any atom is -0.496 e. The van der Waals surface area contributed by atoms with Crippen molar-refractivity contribution in [1.29, 1.82) is 0 Å². The molecule has 114 valence electrons. The molecule has 0 aliphatic rings. The molecule has 20 heavy (non-hydrogen) atoms. The molecular formula is C14H24N2O3S. The van der Waals surface area contributed by atoms with Crippen molar-refractivity contribution in [3.63, 3.8) is 0 Å². The van der Waals surface area contributed by atoms with Gasteiger partial charge in [-0.3, -0.25) is 0 Å². The molecule has 0 fully saturated rings. The van der Waals surface area contributed by atoms with Gasteiger partial charge < -0.3 is 4.74 Å². The summed E-state index contributed by atoms with van der Waals surface area (Å²) < 4.78 is 32.5. The third-order valence-electron chi connectivity index (χ3n) is 3.07. The van der Waals surface area contributed by atoms with E-state index in [0.717, 1.165) is 15.4 Å². The van der Waals surface area contributed by atoms with Gasteiger partial charge in [-0.1, -0.05) is 32.9 Å². The molecule has 0 aliphatic heterocycles. The van der Waals surface area contributed by atoms with E-state index in [1.807, 2.05) is 18.2 Å². The van der Waals surface area contributed by atoms with E-state index < -0.39 is 10.2 Å². The van der Waals surface area contributed by atoms with E-state index in [9.17, 15) is 8.42 Å². The lowest BCUT2D eigenvalue weighted by Crippen LogP contribution is -2.35.